The summed E-state index contributed by atoms with van der Waals surface area (Å²) in [7, 11) is 6.64. The highest BCUT2D eigenvalue weighted by Crippen LogP contribution is 2.39. The lowest BCUT2D eigenvalue weighted by atomic mass is 9.90. The van der Waals surface area contributed by atoms with Gasteiger partial charge in [0.05, 0.1) is 39.5 Å². The Bertz CT molecular complexity index is 886. The number of fused-ring (bicyclic) bond motifs is 1. The zero-order valence-electron chi connectivity index (χ0n) is 18.5. The summed E-state index contributed by atoms with van der Waals surface area (Å²) >= 11 is 0. The van der Waals surface area contributed by atoms with Crippen LogP contribution in [0.5, 0.6) is 23.0 Å². The molecule has 2 N–H and O–H groups in total. The van der Waals surface area contributed by atoms with Gasteiger partial charge in [0, 0.05) is 31.2 Å². The first-order valence-electron chi connectivity index (χ1n) is 9.94. The number of rotatable bonds is 6. The Morgan fingerprint density at radius 1 is 1.10 bits per heavy atom. The number of para-hydroxylation sites is 1. The van der Waals surface area contributed by atoms with Crippen molar-refractivity contribution in [3.8, 4) is 23.0 Å². The molecule has 0 bridgehead atoms. The van der Waals surface area contributed by atoms with Gasteiger partial charge in [0.2, 0.25) is 0 Å². The van der Waals surface area contributed by atoms with E-state index in [1.807, 2.05) is 30.3 Å². The van der Waals surface area contributed by atoms with Gasteiger partial charge in [0.1, 0.15) is 28.6 Å². The van der Waals surface area contributed by atoms with Crippen LogP contribution in [0.2, 0.25) is 0 Å². The fourth-order valence-corrected chi connectivity index (χ4v) is 3.71. The largest absolute Gasteiger partial charge is 0.496 e. The molecular weight excluding hydrogens is 382 g/mol. The molecule has 7 nitrogen and oxygen atoms in total. The minimum atomic E-state index is -0.271. The number of guanidine groups is 1. The van der Waals surface area contributed by atoms with E-state index in [0.717, 1.165) is 23.3 Å². The van der Waals surface area contributed by atoms with E-state index in [-0.39, 0.29) is 11.6 Å². The molecular formula is C23H31N3O4. The van der Waals surface area contributed by atoms with Gasteiger partial charge in [-0.1, -0.05) is 18.2 Å². The summed E-state index contributed by atoms with van der Waals surface area (Å²) in [5.74, 6) is 3.64. The van der Waals surface area contributed by atoms with E-state index in [9.17, 15) is 0 Å². The zero-order valence-corrected chi connectivity index (χ0v) is 18.5. The second-order valence-corrected chi connectivity index (χ2v) is 7.74. The smallest absolute Gasteiger partial charge is 0.191 e. The van der Waals surface area contributed by atoms with Gasteiger partial charge < -0.3 is 29.6 Å². The summed E-state index contributed by atoms with van der Waals surface area (Å²) in [4.78, 5) is 4.41. The van der Waals surface area contributed by atoms with Gasteiger partial charge in [-0.15, -0.1) is 0 Å². The molecule has 2 aromatic rings. The van der Waals surface area contributed by atoms with E-state index in [1.165, 1.54) is 0 Å². The van der Waals surface area contributed by atoms with Crippen LogP contribution in [0.15, 0.2) is 41.4 Å². The Hall–Kier alpha value is -3.09. The van der Waals surface area contributed by atoms with E-state index in [0.29, 0.717) is 29.8 Å². The number of benzene rings is 2. The van der Waals surface area contributed by atoms with Crippen molar-refractivity contribution in [3.05, 3.63) is 47.5 Å². The van der Waals surface area contributed by atoms with E-state index in [1.54, 1.807) is 28.4 Å². The molecule has 0 amide bonds. The molecule has 162 valence electrons. The molecule has 1 unspecified atom stereocenters. The van der Waals surface area contributed by atoms with Gasteiger partial charge in [0.15, 0.2) is 5.96 Å². The molecule has 2 aromatic carbocycles. The number of hydrogen-bond acceptors (Lipinski definition) is 5. The van der Waals surface area contributed by atoms with Crippen molar-refractivity contribution in [3.63, 3.8) is 0 Å². The summed E-state index contributed by atoms with van der Waals surface area (Å²) in [6.07, 6.45) is 0.819. The maximum atomic E-state index is 6.13. The second-order valence-electron chi connectivity index (χ2n) is 7.74. The van der Waals surface area contributed by atoms with Crippen molar-refractivity contribution < 1.29 is 18.9 Å². The van der Waals surface area contributed by atoms with E-state index < -0.39 is 0 Å². The van der Waals surface area contributed by atoms with Crippen molar-refractivity contribution in [1.29, 1.82) is 0 Å². The van der Waals surface area contributed by atoms with Crippen LogP contribution in [0.3, 0.4) is 0 Å². The topological polar surface area (TPSA) is 73.3 Å². The van der Waals surface area contributed by atoms with Crippen molar-refractivity contribution in [2.45, 2.75) is 38.5 Å². The standard InChI is InChI=1S/C23H31N3O4/c1-23(2)13-18(16-9-7-8-10-19(16)30-23)26-22(24-3)25-14-17-20(28-5)11-15(27-4)12-21(17)29-6/h7-12,18H,13-14H2,1-6H3,(H2,24,25,26). The van der Waals surface area contributed by atoms with E-state index in [4.69, 9.17) is 18.9 Å². The van der Waals surface area contributed by atoms with Crippen molar-refractivity contribution in [1.82, 2.24) is 10.6 Å². The zero-order chi connectivity index (χ0) is 21.7. The molecule has 0 saturated heterocycles. The Labute approximate surface area is 178 Å². The average molecular weight is 414 g/mol. The number of hydrogen-bond donors (Lipinski definition) is 2. The maximum absolute atomic E-state index is 6.13. The van der Waals surface area contributed by atoms with Crippen LogP contribution in [-0.4, -0.2) is 39.9 Å². The lowest BCUT2D eigenvalue weighted by Gasteiger charge is -2.38. The van der Waals surface area contributed by atoms with Crippen LogP contribution in [0.4, 0.5) is 0 Å². The van der Waals surface area contributed by atoms with Crippen molar-refractivity contribution in [2.75, 3.05) is 28.4 Å². The molecule has 1 heterocycles. The summed E-state index contributed by atoms with van der Waals surface area (Å²) in [5, 5.41) is 6.91. The molecule has 3 rings (SSSR count). The first-order chi connectivity index (χ1) is 14.4. The molecule has 7 heteroatoms. The molecule has 1 atom stereocenters. The molecule has 0 spiro atoms. The quantitative estimate of drug-likeness (QED) is 0.556. The van der Waals surface area contributed by atoms with Crippen LogP contribution >= 0.6 is 0 Å². The van der Waals surface area contributed by atoms with Gasteiger partial charge in [-0.3, -0.25) is 4.99 Å². The van der Waals surface area contributed by atoms with Crippen LogP contribution in [0, 0.1) is 0 Å². The Morgan fingerprint density at radius 3 is 2.37 bits per heavy atom. The molecule has 1 aliphatic heterocycles. The Morgan fingerprint density at radius 2 is 1.77 bits per heavy atom. The lowest BCUT2D eigenvalue weighted by Crippen LogP contribution is -2.45. The summed E-state index contributed by atoms with van der Waals surface area (Å²) in [6.45, 7) is 4.67. The van der Waals surface area contributed by atoms with Crippen LogP contribution < -0.4 is 29.6 Å². The highest BCUT2D eigenvalue weighted by Gasteiger charge is 2.34. The van der Waals surface area contributed by atoms with Gasteiger partial charge in [0.25, 0.3) is 0 Å². The molecule has 0 aromatic heterocycles. The molecule has 30 heavy (non-hydrogen) atoms. The third-order valence-electron chi connectivity index (χ3n) is 5.16. The minimum Gasteiger partial charge on any atom is -0.496 e. The SMILES string of the molecule is CN=C(NCc1c(OC)cc(OC)cc1OC)NC1CC(C)(C)Oc2ccccc21. The van der Waals surface area contributed by atoms with Gasteiger partial charge >= 0.3 is 0 Å². The molecule has 0 aliphatic carbocycles. The fraction of sp³-hybridized carbons (Fsp3) is 0.435. The van der Waals surface area contributed by atoms with Crippen molar-refractivity contribution >= 4 is 5.96 Å². The van der Waals surface area contributed by atoms with Gasteiger partial charge in [-0.25, -0.2) is 0 Å². The summed E-state index contributed by atoms with van der Waals surface area (Å²) in [5.41, 5.74) is 1.74. The predicted octanol–water partition coefficient (Wildman–Crippen LogP) is 3.68. The average Bonchev–Trinajstić information content (AvgIpc) is 2.75. The number of nitrogens with zero attached hydrogens (tertiary/aromatic N) is 1. The molecule has 0 saturated carbocycles. The normalized spacial score (nSPS) is 17.4. The third kappa shape index (κ3) is 4.72. The molecule has 1 aliphatic rings. The van der Waals surface area contributed by atoms with E-state index >= 15 is 0 Å². The predicted molar refractivity (Wildman–Crippen MR) is 118 cm³/mol. The number of methoxy groups -OCH3 is 3. The van der Waals surface area contributed by atoms with Gasteiger partial charge in [-0.05, 0) is 19.9 Å². The Kier molecular flexibility index (Phi) is 6.59. The number of ether oxygens (including phenoxy) is 4. The summed E-state index contributed by atoms with van der Waals surface area (Å²) in [6, 6.07) is 11.9. The molecule has 0 radical (unpaired) electrons. The fourth-order valence-electron chi connectivity index (χ4n) is 3.71. The van der Waals surface area contributed by atoms with E-state index in [2.05, 4.69) is 35.5 Å². The van der Waals surface area contributed by atoms with Crippen LogP contribution in [0.1, 0.15) is 37.4 Å². The lowest BCUT2D eigenvalue weighted by molar-refractivity contribution is 0.0694. The highest BCUT2D eigenvalue weighted by molar-refractivity contribution is 5.80. The monoisotopic (exact) mass is 413 g/mol. The number of nitrogens with one attached hydrogen (secondary N) is 2. The van der Waals surface area contributed by atoms with Crippen molar-refractivity contribution in [2.24, 2.45) is 4.99 Å². The third-order valence-corrected chi connectivity index (χ3v) is 5.16. The second kappa shape index (κ2) is 9.15. The highest BCUT2D eigenvalue weighted by atomic mass is 16.5. The van der Waals surface area contributed by atoms with Crippen LogP contribution in [0.25, 0.3) is 0 Å². The minimum absolute atomic E-state index is 0.0795. The first-order valence-corrected chi connectivity index (χ1v) is 9.94. The maximum Gasteiger partial charge on any atom is 0.191 e. The van der Waals surface area contributed by atoms with Gasteiger partial charge in [-0.2, -0.15) is 0 Å². The molecule has 0 fully saturated rings. The van der Waals surface area contributed by atoms with Crippen LogP contribution in [-0.2, 0) is 6.54 Å². The first kappa shape index (κ1) is 21.6. The number of aliphatic imine (C=N–C) groups is 1. The Balaban J connectivity index is 1.78. The summed E-state index contributed by atoms with van der Waals surface area (Å²) < 4.78 is 22.5.